The number of hydrogen-bond acceptors (Lipinski definition) is 3. The minimum atomic E-state index is -0.684. The topological polar surface area (TPSA) is 69.6 Å². The zero-order valence-electron chi connectivity index (χ0n) is 45.7. The number of allylic oxidation sites excluding steroid dienone is 22. The normalized spacial score (nSPS) is 13.8. The second kappa shape index (κ2) is 59.8. The molecule has 0 saturated carbocycles. The third-order valence-electron chi connectivity index (χ3n) is 12.7. The van der Waals surface area contributed by atoms with Crippen LogP contribution in [0.5, 0.6) is 0 Å². The molecule has 0 aromatic carbocycles. The van der Waals surface area contributed by atoms with Gasteiger partial charge >= 0.3 is 0 Å². The Balaban J connectivity index is 3.66. The summed E-state index contributed by atoms with van der Waals surface area (Å²) in [5.41, 5.74) is 0. The van der Waals surface area contributed by atoms with Crippen LogP contribution in [0.3, 0.4) is 0 Å². The summed E-state index contributed by atoms with van der Waals surface area (Å²) in [5, 5.41) is 23.3. The van der Waals surface area contributed by atoms with E-state index in [9.17, 15) is 15.0 Å². The van der Waals surface area contributed by atoms with Crippen molar-refractivity contribution in [2.75, 3.05) is 6.61 Å². The first-order valence-electron chi connectivity index (χ1n) is 29.4. The molecule has 0 aromatic rings. The van der Waals surface area contributed by atoms with Crippen molar-refractivity contribution < 1.29 is 15.0 Å². The zero-order chi connectivity index (χ0) is 50.6. The van der Waals surface area contributed by atoms with Gasteiger partial charge in [-0.1, -0.05) is 289 Å². The summed E-state index contributed by atoms with van der Waals surface area (Å²) < 4.78 is 0. The van der Waals surface area contributed by atoms with E-state index in [0.717, 1.165) is 109 Å². The smallest absolute Gasteiger partial charge is 0.220 e. The number of nitrogens with one attached hydrogen (secondary N) is 1. The summed E-state index contributed by atoms with van der Waals surface area (Å²) in [6.07, 6.45) is 92.9. The van der Waals surface area contributed by atoms with Crippen LogP contribution in [-0.4, -0.2) is 34.9 Å². The van der Waals surface area contributed by atoms with Gasteiger partial charge in [-0.3, -0.25) is 4.79 Å². The first kappa shape index (κ1) is 66.5. The molecule has 0 aliphatic rings. The Morgan fingerprint density at radius 1 is 0.357 bits per heavy atom. The van der Waals surface area contributed by atoms with Crippen molar-refractivity contribution >= 4 is 5.91 Å². The number of amides is 1. The Morgan fingerprint density at radius 3 is 0.929 bits per heavy atom. The molecule has 4 nitrogen and oxygen atoms in total. The lowest BCUT2D eigenvalue weighted by Gasteiger charge is -2.22. The maximum Gasteiger partial charge on any atom is 0.220 e. The molecule has 0 aromatic heterocycles. The monoisotopic (exact) mass is 966 g/mol. The number of hydrogen-bond donors (Lipinski definition) is 3. The molecule has 0 aliphatic heterocycles. The van der Waals surface area contributed by atoms with Gasteiger partial charge in [-0.05, 0) is 96.3 Å². The molecule has 0 fully saturated rings. The number of unbranched alkanes of at least 4 members (excludes halogenated alkanes) is 23. The maximum absolute atomic E-state index is 12.5. The number of carbonyl (C=O) groups is 1. The Bertz CT molecular complexity index is 1420. The largest absolute Gasteiger partial charge is 0.394 e. The summed E-state index contributed by atoms with van der Waals surface area (Å²) >= 11 is 0. The van der Waals surface area contributed by atoms with Crippen molar-refractivity contribution in [2.45, 2.75) is 270 Å². The summed E-state index contributed by atoms with van der Waals surface area (Å²) in [5.74, 6) is -0.0665. The van der Waals surface area contributed by atoms with Crippen LogP contribution in [0.25, 0.3) is 0 Å². The molecule has 0 saturated heterocycles. The van der Waals surface area contributed by atoms with Gasteiger partial charge in [0.15, 0.2) is 0 Å². The summed E-state index contributed by atoms with van der Waals surface area (Å²) in [6, 6.07) is -0.565. The molecule has 398 valence electrons. The molecule has 70 heavy (non-hydrogen) atoms. The van der Waals surface area contributed by atoms with Gasteiger partial charge in [-0.25, -0.2) is 0 Å². The molecule has 3 N–H and O–H groups in total. The summed E-state index contributed by atoms with van der Waals surface area (Å²) in [6.45, 7) is 4.24. The number of rotatable bonds is 52. The van der Waals surface area contributed by atoms with E-state index in [4.69, 9.17) is 0 Å². The van der Waals surface area contributed by atoms with Gasteiger partial charge in [-0.2, -0.15) is 0 Å². The van der Waals surface area contributed by atoms with E-state index < -0.39 is 12.1 Å². The van der Waals surface area contributed by atoms with E-state index in [0.29, 0.717) is 12.8 Å². The fourth-order valence-corrected chi connectivity index (χ4v) is 8.25. The Labute approximate surface area is 434 Å². The number of carbonyl (C=O) groups excluding carboxylic acids is 1. The molecule has 0 bridgehead atoms. The molecule has 2 atom stereocenters. The van der Waals surface area contributed by atoms with Gasteiger partial charge in [0.25, 0.3) is 0 Å². The van der Waals surface area contributed by atoms with E-state index >= 15 is 0 Å². The zero-order valence-corrected chi connectivity index (χ0v) is 45.7. The fraction of sp³-hybridized carbons (Fsp3) is 0.652. The molecule has 4 heteroatoms. The van der Waals surface area contributed by atoms with Gasteiger partial charge in [0.05, 0.1) is 18.8 Å². The van der Waals surface area contributed by atoms with Crippen LogP contribution in [0.15, 0.2) is 134 Å². The van der Waals surface area contributed by atoms with Gasteiger partial charge in [0.1, 0.15) is 0 Å². The molecule has 2 unspecified atom stereocenters. The van der Waals surface area contributed by atoms with Crippen molar-refractivity contribution in [1.82, 2.24) is 5.32 Å². The Morgan fingerprint density at radius 2 is 0.629 bits per heavy atom. The summed E-state index contributed by atoms with van der Waals surface area (Å²) in [7, 11) is 0. The van der Waals surface area contributed by atoms with Crippen molar-refractivity contribution in [3.63, 3.8) is 0 Å². The first-order chi connectivity index (χ1) is 34.7. The van der Waals surface area contributed by atoms with Gasteiger partial charge in [0.2, 0.25) is 5.91 Å². The highest BCUT2D eigenvalue weighted by Gasteiger charge is 2.20. The van der Waals surface area contributed by atoms with Crippen LogP contribution >= 0.6 is 0 Å². The molecule has 0 aliphatic carbocycles. The molecule has 0 heterocycles. The van der Waals surface area contributed by atoms with E-state index in [-0.39, 0.29) is 12.5 Å². The molecule has 0 rings (SSSR count). The van der Waals surface area contributed by atoms with Crippen molar-refractivity contribution in [3.8, 4) is 0 Å². The quantitative estimate of drug-likeness (QED) is 0.0420. The minimum Gasteiger partial charge on any atom is -0.394 e. The van der Waals surface area contributed by atoms with Crippen LogP contribution in [-0.2, 0) is 4.79 Å². The second-order valence-corrected chi connectivity index (χ2v) is 19.3. The lowest BCUT2D eigenvalue weighted by molar-refractivity contribution is -0.123. The van der Waals surface area contributed by atoms with Crippen molar-refractivity contribution in [2.24, 2.45) is 0 Å². The average Bonchev–Trinajstić information content (AvgIpc) is 3.36. The van der Waals surface area contributed by atoms with E-state index in [2.05, 4.69) is 153 Å². The third-order valence-corrected chi connectivity index (χ3v) is 12.7. The van der Waals surface area contributed by atoms with Crippen molar-refractivity contribution in [3.05, 3.63) is 134 Å². The van der Waals surface area contributed by atoms with Gasteiger partial charge in [-0.15, -0.1) is 0 Å². The van der Waals surface area contributed by atoms with Crippen LogP contribution in [0, 0.1) is 0 Å². The van der Waals surface area contributed by atoms with Gasteiger partial charge < -0.3 is 15.5 Å². The van der Waals surface area contributed by atoms with Crippen LogP contribution < -0.4 is 5.32 Å². The Kier molecular flexibility index (Phi) is 56.9. The van der Waals surface area contributed by atoms with Crippen LogP contribution in [0.4, 0.5) is 0 Å². The minimum absolute atomic E-state index is 0.0665. The molecule has 0 spiro atoms. The SMILES string of the molecule is CC/C=C\C/C=C\C/C=C\C/C=C\C/C=C\C/C=C\C/C=C\C/C=C\C/C=C\C/C=C\C/C=C\CCCCCC(=O)NC(CO)C(O)CCCCCCCCCCCCCCCCCCCCCCC. The predicted octanol–water partition coefficient (Wildman–Crippen LogP) is 19.8. The second-order valence-electron chi connectivity index (χ2n) is 19.3. The highest BCUT2D eigenvalue weighted by atomic mass is 16.3. The fourth-order valence-electron chi connectivity index (χ4n) is 8.25. The highest BCUT2D eigenvalue weighted by molar-refractivity contribution is 5.76. The van der Waals surface area contributed by atoms with E-state index in [1.54, 1.807) is 0 Å². The van der Waals surface area contributed by atoms with Crippen LogP contribution in [0.1, 0.15) is 258 Å². The molecule has 0 radical (unpaired) electrons. The lowest BCUT2D eigenvalue weighted by Crippen LogP contribution is -2.45. The maximum atomic E-state index is 12.5. The first-order valence-corrected chi connectivity index (χ1v) is 29.4. The average molecular weight is 967 g/mol. The van der Waals surface area contributed by atoms with Gasteiger partial charge in [0, 0.05) is 6.42 Å². The number of aliphatic hydroxyl groups is 2. The van der Waals surface area contributed by atoms with E-state index in [1.165, 1.54) is 122 Å². The molecular weight excluding hydrogens is 855 g/mol. The predicted molar refractivity (Wildman–Crippen MR) is 312 cm³/mol. The lowest BCUT2D eigenvalue weighted by atomic mass is 10.0. The third kappa shape index (κ3) is 55.5. The van der Waals surface area contributed by atoms with Crippen LogP contribution in [0.2, 0.25) is 0 Å². The summed E-state index contributed by atoms with van der Waals surface area (Å²) in [4.78, 5) is 12.5. The highest BCUT2D eigenvalue weighted by Crippen LogP contribution is 2.16. The Hall–Kier alpha value is -3.47. The van der Waals surface area contributed by atoms with E-state index in [1.807, 2.05) is 0 Å². The standard InChI is InChI=1S/C66H111NO3/c1-3-5-7-9-11-13-15-17-19-21-23-25-26-27-28-29-30-31-32-33-34-35-36-37-38-39-40-42-44-46-48-50-52-54-56-58-60-62-66(70)67-64(63-68)65(69)61-59-57-55-53-51-49-47-45-43-41-24-22-20-18-16-14-12-10-8-6-4-2/h5,7,11,13,17,19,23,25,27-28,30-31,33-34,36-37,39-40,44,46,50,52,64-65,68-69H,3-4,6,8-10,12,14-16,18,20-22,24,26,29,32,35,38,41-43,45,47-49,51,53-63H2,1-2H3,(H,67,70)/b7-5-,13-11-,19-17-,25-23-,28-27-,31-30-,34-33-,37-36-,40-39-,46-44-,52-50-. The van der Waals surface area contributed by atoms with Crippen molar-refractivity contribution in [1.29, 1.82) is 0 Å². The number of aliphatic hydroxyl groups excluding tert-OH is 2. The molecular formula is C66H111NO3. The molecule has 1 amide bonds.